The number of hydrogen-bond acceptors (Lipinski definition) is 4. The monoisotopic (exact) mass is 267 g/mol. The number of aliphatic hydroxyl groups excluding tert-OH is 1. The summed E-state index contributed by atoms with van der Waals surface area (Å²) >= 11 is 0. The van der Waals surface area contributed by atoms with Crippen LogP contribution < -0.4 is 5.32 Å². The van der Waals surface area contributed by atoms with Gasteiger partial charge < -0.3 is 20.4 Å². The number of nitrogens with one attached hydrogen (secondary N) is 1. The van der Waals surface area contributed by atoms with Gasteiger partial charge in [-0.25, -0.2) is 9.59 Å². The number of hydrogen-bond donors (Lipinski definition) is 3. The summed E-state index contributed by atoms with van der Waals surface area (Å²) < 4.78 is 0. The largest absolute Gasteiger partial charge is 0.479 e. The molecule has 0 fully saturated rings. The number of carbonyl (C=O) groups excluding carboxylic acids is 1. The van der Waals surface area contributed by atoms with Gasteiger partial charge in [-0.2, -0.15) is 0 Å². The minimum absolute atomic E-state index is 0.0236. The van der Waals surface area contributed by atoms with E-state index in [1.807, 2.05) is 0 Å². The van der Waals surface area contributed by atoms with Crippen LogP contribution in [0.5, 0.6) is 0 Å². The fourth-order valence-electron chi connectivity index (χ4n) is 1.41. The molecule has 0 bridgehead atoms. The third kappa shape index (κ3) is 5.35. The lowest BCUT2D eigenvalue weighted by molar-refractivity contribution is -0.146. The highest BCUT2D eigenvalue weighted by atomic mass is 16.4. The number of rotatable bonds is 6. The molecule has 1 aromatic rings. The van der Waals surface area contributed by atoms with Crippen molar-refractivity contribution >= 4 is 12.0 Å². The fourth-order valence-corrected chi connectivity index (χ4v) is 1.41. The molecular weight excluding hydrogens is 250 g/mol. The van der Waals surface area contributed by atoms with Gasteiger partial charge in [-0.3, -0.25) is 4.98 Å². The Balaban J connectivity index is 2.31. The predicted octanol–water partition coefficient (Wildman–Crippen LogP) is 0.0586. The van der Waals surface area contributed by atoms with Crippen LogP contribution in [0.3, 0.4) is 0 Å². The van der Waals surface area contributed by atoms with Crippen LogP contribution in [0.1, 0.15) is 12.0 Å². The lowest BCUT2D eigenvalue weighted by Gasteiger charge is -2.18. The van der Waals surface area contributed by atoms with Gasteiger partial charge in [0, 0.05) is 39.0 Å². The van der Waals surface area contributed by atoms with Crippen molar-refractivity contribution in [1.29, 1.82) is 0 Å². The number of carboxylic acid groups (broad SMARTS) is 1. The number of aromatic nitrogens is 1. The zero-order chi connectivity index (χ0) is 14.3. The molecule has 0 aliphatic heterocycles. The summed E-state index contributed by atoms with van der Waals surface area (Å²) in [7, 11) is 1.63. The minimum Gasteiger partial charge on any atom is -0.479 e. The molecule has 3 N–H and O–H groups in total. The van der Waals surface area contributed by atoms with E-state index in [1.54, 1.807) is 31.6 Å². The van der Waals surface area contributed by atoms with E-state index in [-0.39, 0.29) is 19.0 Å². The summed E-state index contributed by atoms with van der Waals surface area (Å²) in [5, 5.41) is 20.1. The number of aliphatic hydroxyl groups is 1. The number of carboxylic acids is 1. The summed E-state index contributed by atoms with van der Waals surface area (Å²) in [6.07, 6.45) is 1.81. The average Bonchev–Trinajstić information content (AvgIpc) is 2.39. The molecule has 0 spiro atoms. The Morgan fingerprint density at radius 1 is 1.42 bits per heavy atom. The van der Waals surface area contributed by atoms with Gasteiger partial charge >= 0.3 is 12.0 Å². The molecule has 1 atom stereocenters. The van der Waals surface area contributed by atoms with Gasteiger partial charge in [-0.1, -0.05) is 0 Å². The van der Waals surface area contributed by atoms with Crippen molar-refractivity contribution in [2.75, 3.05) is 13.6 Å². The van der Waals surface area contributed by atoms with Crippen molar-refractivity contribution in [2.45, 2.75) is 19.1 Å². The van der Waals surface area contributed by atoms with Crippen LogP contribution in [0.4, 0.5) is 4.79 Å². The second-order valence-electron chi connectivity index (χ2n) is 4.09. The van der Waals surface area contributed by atoms with Gasteiger partial charge in [0.2, 0.25) is 0 Å². The molecule has 0 aromatic carbocycles. The van der Waals surface area contributed by atoms with Crippen LogP contribution in [0.25, 0.3) is 0 Å². The molecule has 0 radical (unpaired) electrons. The number of amides is 2. The molecule has 104 valence electrons. The van der Waals surface area contributed by atoms with Crippen molar-refractivity contribution < 1.29 is 19.8 Å². The van der Waals surface area contributed by atoms with Crippen molar-refractivity contribution in [2.24, 2.45) is 0 Å². The van der Waals surface area contributed by atoms with E-state index in [2.05, 4.69) is 10.3 Å². The predicted molar refractivity (Wildman–Crippen MR) is 67.4 cm³/mol. The van der Waals surface area contributed by atoms with Crippen LogP contribution in [-0.4, -0.2) is 51.8 Å². The van der Waals surface area contributed by atoms with Gasteiger partial charge in [0.1, 0.15) is 0 Å². The molecule has 1 aromatic heterocycles. The van der Waals surface area contributed by atoms with Crippen LogP contribution in [0.15, 0.2) is 24.5 Å². The first-order chi connectivity index (χ1) is 9.00. The topological polar surface area (TPSA) is 103 Å². The maximum absolute atomic E-state index is 11.7. The Morgan fingerprint density at radius 3 is 2.63 bits per heavy atom. The Morgan fingerprint density at radius 2 is 2.05 bits per heavy atom. The molecule has 1 heterocycles. The molecule has 0 saturated heterocycles. The van der Waals surface area contributed by atoms with Crippen LogP contribution in [0, 0.1) is 0 Å². The quantitative estimate of drug-likeness (QED) is 0.676. The molecule has 1 unspecified atom stereocenters. The van der Waals surface area contributed by atoms with E-state index in [9.17, 15) is 9.59 Å². The number of nitrogens with zero attached hydrogens (tertiary/aromatic N) is 2. The zero-order valence-corrected chi connectivity index (χ0v) is 10.6. The third-order valence-corrected chi connectivity index (χ3v) is 2.49. The number of pyridine rings is 1. The summed E-state index contributed by atoms with van der Waals surface area (Å²) in [5.41, 5.74) is 0.943. The van der Waals surface area contributed by atoms with Crippen molar-refractivity contribution in [1.82, 2.24) is 15.2 Å². The van der Waals surface area contributed by atoms with Gasteiger partial charge in [-0.15, -0.1) is 0 Å². The molecule has 0 aliphatic carbocycles. The van der Waals surface area contributed by atoms with Gasteiger partial charge in [0.15, 0.2) is 6.10 Å². The second kappa shape index (κ2) is 7.32. The van der Waals surface area contributed by atoms with Crippen molar-refractivity contribution in [3.63, 3.8) is 0 Å². The summed E-state index contributed by atoms with van der Waals surface area (Å²) in [6.45, 7) is 0.531. The molecule has 0 aliphatic rings. The van der Waals surface area contributed by atoms with Crippen molar-refractivity contribution in [3.05, 3.63) is 30.1 Å². The lowest BCUT2D eigenvalue weighted by Crippen LogP contribution is -2.38. The van der Waals surface area contributed by atoms with E-state index in [0.29, 0.717) is 6.54 Å². The Kier molecular flexibility index (Phi) is 5.74. The van der Waals surface area contributed by atoms with E-state index in [0.717, 1.165) is 5.56 Å². The Hall–Kier alpha value is -2.15. The first-order valence-electron chi connectivity index (χ1n) is 5.79. The molecule has 0 saturated carbocycles. The summed E-state index contributed by atoms with van der Waals surface area (Å²) in [6, 6.07) is 3.28. The van der Waals surface area contributed by atoms with Crippen LogP contribution in [0.2, 0.25) is 0 Å². The van der Waals surface area contributed by atoms with E-state index < -0.39 is 12.1 Å². The maximum atomic E-state index is 11.7. The molecule has 7 nitrogen and oxygen atoms in total. The normalized spacial score (nSPS) is 11.7. The summed E-state index contributed by atoms with van der Waals surface area (Å²) in [5.74, 6) is -1.29. The highest BCUT2D eigenvalue weighted by Gasteiger charge is 2.14. The molecular formula is C12H17N3O4. The highest BCUT2D eigenvalue weighted by Crippen LogP contribution is 2.01. The molecule has 1 rings (SSSR count). The Labute approximate surface area is 110 Å². The third-order valence-electron chi connectivity index (χ3n) is 2.49. The van der Waals surface area contributed by atoms with Gasteiger partial charge in [0.25, 0.3) is 0 Å². The highest BCUT2D eigenvalue weighted by molar-refractivity contribution is 5.74. The van der Waals surface area contributed by atoms with E-state index in [4.69, 9.17) is 10.2 Å². The number of carbonyl (C=O) groups is 2. The van der Waals surface area contributed by atoms with Gasteiger partial charge in [0.05, 0.1) is 0 Å². The van der Waals surface area contributed by atoms with E-state index in [1.165, 1.54) is 4.90 Å². The molecule has 19 heavy (non-hydrogen) atoms. The molecule has 7 heteroatoms. The number of urea groups is 1. The molecule has 2 amide bonds. The maximum Gasteiger partial charge on any atom is 0.332 e. The average molecular weight is 267 g/mol. The lowest BCUT2D eigenvalue weighted by atomic mass is 10.2. The van der Waals surface area contributed by atoms with Gasteiger partial charge in [-0.05, 0) is 17.7 Å². The standard InChI is InChI=1S/C12H17N3O4/c1-15(8-9-2-5-13-6-3-9)12(19)14-7-4-10(16)11(17)18/h2-3,5-6,10,16H,4,7-8H2,1H3,(H,14,19)(H,17,18). The summed E-state index contributed by atoms with van der Waals surface area (Å²) in [4.78, 5) is 27.4. The second-order valence-corrected chi connectivity index (χ2v) is 4.09. The van der Waals surface area contributed by atoms with Crippen LogP contribution in [-0.2, 0) is 11.3 Å². The fraction of sp³-hybridized carbons (Fsp3) is 0.417. The first kappa shape index (κ1) is 14.9. The van der Waals surface area contributed by atoms with E-state index >= 15 is 0 Å². The zero-order valence-electron chi connectivity index (χ0n) is 10.6. The Bertz CT molecular complexity index is 424. The smallest absolute Gasteiger partial charge is 0.332 e. The minimum atomic E-state index is -1.45. The first-order valence-corrected chi connectivity index (χ1v) is 5.79. The van der Waals surface area contributed by atoms with Crippen LogP contribution >= 0.6 is 0 Å². The SMILES string of the molecule is CN(Cc1ccncc1)C(=O)NCCC(O)C(=O)O. The number of aliphatic carboxylic acids is 1. The van der Waals surface area contributed by atoms with Crippen molar-refractivity contribution in [3.8, 4) is 0 Å².